The zero-order chi connectivity index (χ0) is 17.5. The van der Waals surface area contributed by atoms with Gasteiger partial charge in [-0.2, -0.15) is 21.6 Å². The first-order chi connectivity index (χ1) is 10.6. The van der Waals surface area contributed by atoms with E-state index in [9.17, 15) is 21.6 Å². The maximum Gasteiger partial charge on any atom is 0.523 e. The quantitative estimate of drug-likeness (QED) is 0.501. The lowest BCUT2D eigenvalue weighted by Gasteiger charge is -2.18. The van der Waals surface area contributed by atoms with E-state index >= 15 is 0 Å². The van der Waals surface area contributed by atoms with Crippen molar-refractivity contribution in [1.29, 1.82) is 0 Å². The molecule has 0 aromatic heterocycles. The summed E-state index contributed by atoms with van der Waals surface area (Å²) in [6.45, 7) is 3.92. The number of hydrogen-bond acceptors (Lipinski definition) is 4. The van der Waals surface area contributed by atoms with Crippen molar-refractivity contribution in [3.8, 4) is 0 Å². The van der Waals surface area contributed by atoms with E-state index in [-0.39, 0.29) is 11.8 Å². The second kappa shape index (κ2) is 8.65. The van der Waals surface area contributed by atoms with Gasteiger partial charge in [-0.05, 0) is 23.8 Å². The molecule has 0 N–H and O–H groups in total. The normalized spacial score (nSPS) is 15.3. The van der Waals surface area contributed by atoms with Crippen molar-refractivity contribution in [3.63, 3.8) is 0 Å². The highest BCUT2D eigenvalue weighted by atomic mass is 32.2. The van der Waals surface area contributed by atoms with Gasteiger partial charge in [0.25, 0.3) is 0 Å². The second-order valence-electron chi connectivity index (χ2n) is 5.63. The Kier molecular flexibility index (Phi) is 7.50. The summed E-state index contributed by atoms with van der Waals surface area (Å²) in [6, 6.07) is 9.58. The minimum atomic E-state index is -5.51. The number of halogens is 3. The Morgan fingerprint density at radius 1 is 1.04 bits per heavy atom. The van der Waals surface area contributed by atoms with Gasteiger partial charge >= 0.3 is 15.6 Å². The summed E-state index contributed by atoms with van der Waals surface area (Å²) in [5.41, 5.74) is -4.34. The van der Waals surface area contributed by atoms with Gasteiger partial charge in [-0.1, -0.05) is 44.2 Å². The predicted octanol–water partition coefficient (Wildman–Crippen LogP) is 3.73. The van der Waals surface area contributed by atoms with Crippen LogP contribution in [-0.2, 0) is 25.6 Å². The zero-order valence-electron chi connectivity index (χ0n) is 13.0. The van der Waals surface area contributed by atoms with E-state index < -0.39 is 22.2 Å². The molecule has 4 nitrogen and oxygen atoms in total. The average molecular weight is 354 g/mol. The lowest BCUT2D eigenvalue weighted by Crippen LogP contribution is -2.27. The summed E-state index contributed by atoms with van der Waals surface area (Å²) in [7, 11) is -5.51. The van der Waals surface area contributed by atoms with Crippen LogP contribution in [0.3, 0.4) is 0 Å². The molecule has 0 aliphatic rings. The average Bonchev–Trinajstić information content (AvgIpc) is 2.45. The molecule has 1 aromatic rings. The Morgan fingerprint density at radius 2 is 1.61 bits per heavy atom. The van der Waals surface area contributed by atoms with Crippen molar-refractivity contribution >= 4 is 10.1 Å². The van der Waals surface area contributed by atoms with Crippen molar-refractivity contribution in [3.05, 3.63) is 35.9 Å². The Morgan fingerprint density at radius 3 is 2.17 bits per heavy atom. The van der Waals surface area contributed by atoms with Gasteiger partial charge in [0.05, 0.1) is 13.2 Å². The zero-order valence-corrected chi connectivity index (χ0v) is 13.9. The van der Waals surface area contributed by atoms with Crippen LogP contribution in [0, 0.1) is 11.8 Å². The maximum absolute atomic E-state index is 12.1. The first-order valence-electron chi connectivity index (χ1n) is 7.19. The minimum absolute atomic E-state index is 0.0749. The number of alkyl halides is 3. The summed E-state index contributed by atoms with van der Waals surface area (Å²) in [4.78, 5) is 0. The van der Waals surface area contributed by atoms with Crippen LogP contribution >= 0.6 is 0 Å². The van der Waals surface area contributed by atoms with E-state index in [2.05, 4.69) is 4.18 Å². The minimum Gasteiger partial charge on any atom is -0.376 e. The molecule has 132 valence electrons. The largest absolute Gasteiger partial charge is 0.523 e. The fourth-order valence-electron chi connectivity index (χ4n) is 2.05. The lowest BCUT2D eigenvalue weighted by molar-refractivity contribution is -0.0551. The third-order valence-corrected chi connectivity index (χ3v) is 4.12. The van der Waals surface area contributed by atoms with Gasteiger partial charge in [-0.15, -0.1) is 0 Å². The van der Waals surface area contributed by atoms with Crippen LogP contribution in [0.25, 0.3) is 0 Å². The summed E-state index contributed by atoms with van der Waals surface area (Å²) in [5, 5.41) is 0. The second-order valence-corrected chi connectivity index (χ2v) is 7.24. The van der Waals surface area contributed by atoms with E-state index in [1.54, 1.807) is 6.92 Å². The van der Waals surface area contributed by atoms with E-state index in [1.807, 2.05) is 37.3 Å². The van der Waals surface area contributed by atoms with Gasteiger partial charge in [0.2, 0.25) is 0 Å². The Labute approximate surface area is 134 Å². The molecule has 0 amide bonds. The van der Waals surface area contributed by atoms with Crippen molar-refractivity contribution in [1.82, 2.24) is 0 Å². The molecule has 0 spiro atoms. The molecule has 0 unspecified atom stereocenters. The molecular weight excluding hydrogens is 333 g/mol. The first-order valence-corrected chi connectivity index (χ1v) is 8.60. The molecule has 0 fully saturated rings. The number of benzene rings is 1. The topological polar surface area (TPSA) is 52.6 Å². The molecule has 0 heterocycles. The monoisotopic (exact) mass is 354 g/mol. The van der Waals surface area contributed by atoms with Crippen LogP contribution in [0.1, 0.15) is 25.8 Å². The highest BCUT2D eigenvalue weighted by molar-refractivity contribution is 7.87. The molecular formula is C15H21F3O4S. The first kappa shape index (κ1) is 19.9. The van der Waals surface area contributed by atoms with Crippen molar-refractivity contribution in [2.45, 2.75) is 32.4 Å². The van der Waals surface area contributed by atoms with Crippen LogP contribution < -0.4 is 0 Å². The van der Waals surface area contributed by atoms with Gasteiger partial charge in [0, 0.05) is 6.61 Å². The van der Waals surface area contributed by atoms with E-state index in [0.717, 1.165) is 5.56 Å². The van der Waals surface area contributed by atoms with Crippen molar-refractivity contribution < 1.29 is 30.5 Å². The number of hydrogen-bond donors (Lipinski definition) is 0. The molecule has 1 rings (SSSR count). The standard InChI is InChI=1S/C15H21F3O4S/c1-12(9-21-11-14-6-4-3-5-7-14)8-13(2)10-22-23(19,20)15(16,17)18/h3-7,12-13H,8-11H2,1-2H3/t12-,13-/m0/s1. The van der Waals surface area contributed by atoms with E-state index in [1.165, 1.54) is 0 Å². The van der Waals surface area contributed by atoms with Gasteiger partial charge in [0.1, 0.15) is 0 Å². The summed E-state index contributed by atoms with van der Waals surface area (Å²) in [6.07, 6.45) is 0.502. The molecule has 2 atom stereocenters. The van der Waals surface area contributed by atoms with Gasteiger partial charge in [-0.25, -0.2) is 0 Å². The van der Waals surface area contributed by atoms with Crippen LogP contribution in [0.2, 0.25) is 0 Å². The fourth-order valence-corrected chi connectivity index (χ4v) is 2.59. The molecule has 0 aliphatic carbocycles. The fraction of sp³-hybridized carbons (Fsp3) is 0.600. The SMILES string of the molecule is C[C@H](COCc1ccccc1)C[C@H](C)COS(=O)(=O)C(F)(F)F. The van der Waals surface area contributed by atoms with E-state index in [4.69, 9.17) is 4.74 Å². The molecule has 23 heavy (non-hydrogen) atoms. The molecule has 0 bridgehead atoms. The third kappa shape index (κ3) is 7.32. The van der Waals surface area contributed by atoms with Crippen molar-refractivity contribution in [2.24, 2.45) is 11.8 Å². The number of ether oxygens (including phenoxy) is 1. The lowest BCUT2D eigenvalue weighted by atomic mass is 9.99. The summed E-state index contributed by atoms with van der Waals surface area (Å²) < 4.78 is 67.6. The van der Waals surface area contributed by atoms with E-state index in [0.29, 0.717) is 19.6 Å². The van der Waals surface area contributed by atoms with Crippen molar-refractivity contribution in [2.75, 3.05) is 13.2 Å². The summed E-state index contributed by atoms with van der Waals surface area (Å²) >= 11 is 0. The van der Waals surface area contributed by atoms with Gasteiger partial charge in [-0.3, -0.25) is 4.18 Å². The molecule has 0 saturated carbocycles. The molecule has 1 aromatic carbocycles. The van der Waals surface area contributed by atoms with Crippen LogP contribution in [-0.4, -0.2) is 27.1 Å². The van der Waals surface area contributed by atoms with Crippen LogP contribution in [0.15, 0.2) is 30.3 Å². The Hall–Kier alpha value is -1.12. The van der Waals surface area contributed by atoms with Crippen LogP contribution in [0.5, 0.6) is 0 Å². The highest BCUT2D eigenvalue weighted by Gasteiger charge is 2.47. The number of rotatable bonds is 9. The Bertz CT molecular complexity index is 558. The molecule has 8 heteroatoms. The van der Waals surface area contributed by atoms with Crippen LogP contribution in [0.4, 0.5) is 13.2 Å². The predicted molar refractivity (Wildman–Crippen MR) is 80.0 cm³/mol. The Balaban J connectivity index is 2.27. The summed E-state index contributed by atoms with van der Waals surface area (Å²) in [5.74, 6) is -0.256. The maximum atomic E-state index is 12.1. The molecule has 0 radical (unpaired) electrons. The molecule has 0 aliphatic heterocycles. The van der Waals surface area contributed by atoms with Gasteiger partial charge < -0.3 is 4.74 Å². The molecule has 0 saturated heterocycles. The highest BCUT2D eigenvalue weighted by Crippen LogP contribution is 2.25. The van der Waals surface area contributed by atoms with Gasteiger partial charge in [0.15, 0.2) is 0 Å². The third-order valence-electron chi connectivity index (χ3n) is 3.11. The smallest absolute Gasteiger partial charge is 0.376 e.